The predicted octanol–water partition coefficient (Wildman–Crippen LogP) is 2.93. The third kappa shape index (κ3) is 3.80. The molecule has 1 aliphatic heterocycles. The van der Waals surface area contributed by atoms with Gasteiger partial charge in [-0.15, -0.1) is 11.3 Å². The highest BCUT2D eigenvalue weighted by Gasteiger charge is 2.35. The first-order chi connectivity index (χ1) is 13.2. The van der Waals surface area contributed by atoms with Gasteiger partial charge in [-0.1, -0.05) is 26.0 Å². The van der Waals surface area contributed by atoms with Gasteiger partial charge in [0.1, 0.15) is 0 Å². The Morgan fingerprint density at radius 3 is 2.39 bits per heavy atom. The molecule has 1 aromatic heterocycles. The molecule has 150 valence electrons. The summed E-state index contributed by atoms with van der Waals surface area (Å²) in [5.41, 5.74) is 0.547. The van der Waals surface area contributed by atoms with Gasteiger partial charge in [-0.05, 0) is 29.0 Å². The van der Waals surface area contributed by atoms with Crippen LogP contribution in [0.25, 0.3) is 0 Å². The van der Waals surface area contributed by atoms with Gasteiger partial charge in [0.25, 0.3) is 11.6 Å². The summed E-state index contributed by atoms with van der Waals surface area (Å²) in [6, 6.07) is 7.26. The molecule has 0 unspecified atom stereocenters. The minimum Gasteiger partial charge on any atom is -0.335 e. The molecule has 0 N–H and O–H groups in total. The van der Waals surface area contributed by atoms with E-state index < -0.39 is 20.6 Å². The summed E-state index contributed by atoms with van der Waals surface area (Å²) in [6.07, 6.45) is 0. The van der Waals surface area contributed by atoms with Gasteiger partial charge in [-0.25, -0.2) is 8.42 Å². The molecule has 10 heteroatoms. The summed E-state index contributed by atoms with van der Waals surface area (Å²) in [5.74, 6) is 0.131. The standard InChI is InChI=1S/C18H21N3O5S2/c1-13(2)14-7-12-27-17(14)18(22)19-8-10-20(11-9-19)28(25,26)16-6-4-3-5-15(16)21(23)24/h3-7,12-13H,8-11H2,1-2H3. The van der Waals surface area contributed by atoms with Crippen LogP contribution in [0.3, 0.4) is 0 Å². The van der Waals surface area contributed by atoms with Crippen molar-refractivity contribution in [2.45, 2.75) is 24.7 Å². The first-order valence-corrected chi connectivity index (χ1v) is 11.2. The van der Waals surface area contributed by atoms with E-state index in [4.69, 9.17) is 0 Å². The van der Waals surface area contributed by atoms with Gasteiger partial charge >= 0.3 is 0 Å². The van der Waals surface area contributed by atoms with Crippen LogP contribution in [0.2, 0.25) is 0 Å². The summed E-state index contributed by atoms with van der Waals surface area (Å²) < 4.78 is 27.0. The highest BCUT2D eigenvalue weighted by atomic mass is 32.2. The number of para-hydroxylation sites is 1. The lowest BCUT2D eigenvalue weighted by Gasteiger charge is -2.34. The Morgan fingerprint density at radius 2 is 1.79 bits per heavy atom. The Kier molecular flexibility index (Phi) is 5.82. The summed E-state index contributed by atoms with van der Waals surface area (Å²) in [4.78, 5) is 25.3. The lowest BCUT2D eigenvalue weighted by Crippen LogP contribution is -2.50. The molecule has 28 heavy (non-hydrogen) atoms. The van der Waals surface area contributed by atoms with Crippen LogP contribution in [0.15, 0.2) is 40.6 Å². The summed E-state index contributed by atoms with van der Waals surface area (Å²) in [7, 11) is -4.01. The highest BCUT2D eigenvalue weighted by Crippen LogP contribution is 2.29. The average molecular weight is 424 g/mol. The highest BCUT2D eigenvalue weighted by molar-refractivity contribution is 7.89. The second kappa shape index (κ2) is 7.98. The molecule has 2 aromatic rings. The lowest BCUT2D eigenvalue weighted by molar-refractivity contribution is -0.387. The topological polar surface area (TPSA) is 101 Å². The normalized spacial score (nSPS) is 15.8. The van der Waals surface area contributed by atoms with E-state index in [1.807, 2.05) is 25.3 Å². The van der Waals surface area contributed by atoms with Gasteiger partial charge in [0.2, 0.25) is 10.0 Å². The molecule has 1 aliphatic rings. The number of nitro benzene ring substituents is 1. The van der Waals surface area contributed by atoms with Gasteiger partial charge in [0.15, 0.2) is 4.90 Å². The lowest BCUT2D eigenvalue weighted by atomic mass is 10.0. The third-order valence-electron chi connectivity index (χ3n) is 4.72. The molecule has 1 aromatic carbocycles. The Bertz CT molecular complexity index is 992. The fourth-order valence-electron chi connectivity index (χ4n) is 3.19. The van der Waals surface area contributed by atoms with Crippen LogP contribution in [-0.4, -0.2) is 54.6 Å². The zero-order valence-electron chi connectivity index (χ0n) is 15.6. The number of rotatable bonds is 5. The van der Waals surface area contributed by atoms with Crippen molar-refractivity contribution >= 4 is 33.0 Å². The second-order valence-corrected chi connectivity index (χ2v) is 9.60. The fraction of sp³-hybridized carbons (Fsp3) is 0.389. The number of piperazine rings is 1. The van der Waals surface area contributed by atoms with Crippen molar-refractivity contribution in [1.82, 2.24) is 9.21 Å². The number of hydrogen-bond acceptors (Lipinski definition) is 6. The first-order valence-electron chi connectivity index (χ1n) is 8.83. The number of nitro groups is 1. The van der Waals surface area contributed by atoms with Crippen LogP contribution in [0, 0.1) is 10.1 Å². The van der Waals surface area contributed by atoms with Crippen LogP contribution in [0.4, 0.5) is 5.69 Å². The molecular formula is C18H21N3O5S2. The number of thiophene rings is 1. The van der Waals surface area contributed by atoms with Crippen molar-refractivity contribution in [3.05, 3.63) is 56.3 Å². The van der Waals surface area contributed by atoms with Crippen molar-refractivity contribution in [3.63, 3.8) is 0 Å². The zero-order chi connectivity index (χ0) is 20.5. The van der Waals surface area contributed by atoms with E-state index in [0.717, 1.165) is 5.56 Å². The number of hydrogen-bond donors (Lipinski definition) is 0. The number of benzene rings is 1. The van der Waals surface area contributed by atoms with Crippen molar-refractivity contribution in [1.29, 1.82) is 0 Å². The number of carbonyl (C=O) groups is 1. The van der Waals surface area contributed by atoms with E-state index in [2.05, 4.69) is 0 Å². The van der Waals surface area contributed by atoms with Gasteiger partial charge in [0, 0.05) is 32.2 Å². The van der Waals surface area contributed by atoms with Crippen molar-refractivity contribution < 1.29 is 18.1 Å². The molecule has 3 rings (SSSR count). The molecule has 2 heterocycles. The Morgan fingerprint density at radius 1 is 1.14 bits per heavy atom. The summed E-state index contributed by atoms with van der Waals surface area (Å²) in [6.45, 7) is 4.74. The number of carbonyl (C=O) groups excluding carboxylic acids is 1. The molecule has 1 amide bonds. The van der Waals surface area contributed by atoms with Gasteiger partial charge in [-0.2, -0.15) is 4.31 Å². The molecule has 0 aliphatic carbocycles. The van der Waals surface area contributed by atoms with Crippen molar-refractivity contribution in [3.8, 4) is 0 Å². The van der Waals surface area contributed by atoms with Crippen molar-refractivity contribution in [2.75, 3.05) is 26.2 Å². The monoisotopic (exact) mass is 423 g/mol. The van der Waals surface area contributed by atoms with Crippen LogP contribution < -0.4 is 0 Å². The molecule has 0 bridgehead atoms. The molecular weight excluding hydrogens is 402 g/mol. The van der Waals surface area contributed by atoms with E-state index in [0.29, 0.717) is 4.88 Å². The van der Waals surface area contributed by atoms with E-state index in [9.17, 15) is 23.3 Å². The largest absolute Gasteiger partial charge is 0.335 e. The summed E-state index contributed by atoms with van der Waals surface area (Å²) in [5, 5.41) is 13.1. The molecule has 0 saturated carbocycles. The maximum Gasteiger partial charge on any atom is 0.289 e. The molecule has 1 saturated heterocycles. The van der Waals surface area contributed by atoms with Crippen LogP contribution in [-0.2, 0) is 10.0 Å². The third-order valence-corrected chi connectivity index (χ3v) is 7.58. The van der Waals surface area contributed by atoms with Gasteiger partial charge in [-0.3, -0.25) is 14.9 Å². The van der Waals surface area contributed by atoms with E-state index in [1.165, 1.54) is 39.9 Å². The minimum absolute atomic E-state index is 0.0959. The Labute approximate surface area is 167 Å². The number of nitrogens with zero attached hydrogens (tertiary/aromatic N) is 3. The van der Waals surface area contributed by atoms with E-state index in [-0.39, 0.29) is 42.9 Å². The molecule has 0 radical (unpaired) electrons. The van der Waals surface area contributed by atoms with Gasteiger partial charge < -0.3 is 4.90 Å². The quantitative estimate of drug-likeness (QED) is 0.544. The Hall–Kier alpha value is -2.30. The van der Waals surface area contributed by atoms with Crippen LogP contribution in [0.5, 0.6) is 0 Å². The van der Waals surface area contributed by atoms with E-state index >= 15 is 0 Å². The number of amides is 1. The molecule has 0 spiro atoms. The molecule has 0 atom stereocenters. The summed E-state index contributed by atoms with van der Waals surface area (Å²) >= 11 is 1.39. The molecule has 1 fully saturated rings. The van der Waals surface area contributed by atoms with E-state index in [1.54, 1.807) is 4.90 Å². The number of sulfonamides is 1. The SMILES string of the molecule is CC(C)c1ccsc1C(=O)N1CCN(S(=O)(=O)c2ccccc2[N+](=O)[O-])CC1. The molecule has 8 nitrogen and oxygen atoms in total. The van der Waals surface area contributed by atoms with Gasteiger partial charge in [0.05, 0.1) is 9.80 Å². The maximum absolute atomic E-state index is 12.9. The predicted molar refractivity (Wildman–Crippen MR) is 106 cm³/mol. The van der Waals surface area contributed by atoms with Crippen molar-refractivity contribution in [2.24, 2.45) is 0 Å². The zero-order valence-corrected chi connectivity index (χ0v) is 17.2. The van der Waals surface area contributed by atoms with Crippen LogP contribution in [0.1, 0.15) is 35.0 Å². The fourth-order valence-corrected chi connectivity index (χ4v) is 5.79. The minimum atomic E-state index is -4.01. The second-order valence-electron chi connectivity index (χ2n) is 6.78. The maximum atomic E-state index is 12.9. The smallest absolute Gasteiger partial charge is 0.289 e. The first kappa shape index (κ1) is 20.4. The average Bonchev–Trinajstić information content (AvgIpc) is 3.17. The Balaban J connectivity index is 1.76. The van der Waals surface area contributed by atoms with Crippen LogP contribution >= 0.6 is 11.3 Å².